The van der Waals surface area contributed by atoms with Crippen molar-refractivity contribution in [3.8, 4) is 0 Å². The summed E-state index contributed by atoms with van der Waals surface area (Å²) in [6, 6.07) is 0.0513. The topological polar surface area (TPSA) is 61.9 Å². The van der Waals surface area contributed by atoms with Gasteiger partial charge in [-0.1, -0.05) is 6.92 Å². The second-order valence-corrected chi connectivity index (χ2v) is 7.80. The summed E-state index contributed by atoms with van der Waals surface area (Å²) in [6.07, 6.45) is 4.89. The zero-order valence-electron chi connectivity index (χ0n) is 13.3. The van der Waals surface area contributed by atoms with Crippen LogP contribution in [0.5, 0.6) is 0 Å². The molecule has 6 nitrogen and oxygen atoms in total. The maximum absolute atomic E-state index is 12.5. The first-order valence-corrected chi connectivity index (χ1v) is 9.51. The summed E-state index contributed by atoms with van der Waals surface area (Å²) in [7, 11) is -1.66. The molecule has 2 heterocycles. The number of likely N-dealkylation sites (tertiary alicyclic amines) is 1. The van der Waals surface area contributed by atoms with Gasteiger partial charge in [-0.25, -0.2) is 0 Å². The Kier molecular flexibility index (Phi) is 6.43. The second-order valence-electron chi connectivity index (χ2n) is 6.10. The standard InChI is InChI=1S/C14H29N3O3S/c1-3-8-16-9-4-5-13(12-16)15-21(18,19)17-10-6-14(20-2)7-11-17/h13-15H,3-12H2,1-2H3. The van der Waals surface area contributed by atoms with E-state index in [9.17, 15) is 8.42 Å². The molecular formula is C14H29N3O3S. The quantitative estimate of drug-likeness (QED) is 0.787. The summed E-state index contributed by atoms with van der Waals surface area (Å²) < 4.78 is 34.7. The van der Waals surface area contributed by atoms with Crippen LogP contribution < -0.4 is 4.72 Å². The molecule has 2 aliphatic heterocycles. The molecule has 0 aromatic rings. The first-order valence-electron chi connectivity index (χ1n) is 8.07. The predicted molar refractivity (Wildman–Crippen MR) is 83.4 cm³/mol. The number of ether oxygens (including phenoxy) is 1. The first-order chi connectivity index (χ1) is 10.0. The average Bonchev–Trinajstić information content (AvgIpc) is 2.47. The minimum Gasteiger partial charge on any atom is -0.381 e. The van der Waals surface area contributed by atoms with Crippen LogP contribution in [0.3, 0.4) is 0 Å². The van der Waals surface area contributed by atoms with Gasteiger partial charge in [-0.2, -0.15) is 17.4 Å². The highest BCUT2D eigenvalue weighted by Gasteiger charge is 2.31. The summed E-state index contributed by atoms with van der Waals surface area (Å²) in [6.45, 7) is 6.25. The molecule has 2 rings (SSSR count). The van der Waals surface area contributed by atoms with E-state index in [1.54, 1.807) is 11.4 Å². The SMILES string of the molecule is CCCN1CCCC(NS(=O)(=O)N2CCC(OC)CC2)C1. The van der Waals surface area contributed by atoms with Crippen LogP contribution in [0, 0.1) is 0 Å². The molecule has 0 aromatic carbocycles. The lowest BCUT2D eigenvalue weighted by molar-refractivity contribution is 0.0600. The maximum atomic E-state index is 12.5. The Hall–Kier alpha value is -0.210. The van der Waals surface area contributed by atoms with E-state index in [-0.39, 0.29) is 12.1 Å². The molecule has 124 valence electrons. The van der Waals surface area contributed by atoms with Crippen molar-refractivity contribution >= 4 is 10.2 Å². The van der Waals surface area contributed by atoms with E-state index >= 15 is 0 Å². The highest BCUT2D eigenvalue weighted by molar-refractivity contribution is 7.87. The third kappa shape index (κ3) is 4.89. The molecule has 0 aromatic heterocycles. The highest BCUT2D eigenvalue weighted by Crippen LogP contribution is 2.17. The summed E-state index contributed by atoms with van der Waals surface area (Å²) in [4.78, 5) is 2.36. The molecule has 0 aliphatic carbocycles. The number of rotatable bonds is 6. The van der Waals surface area contributed by atoms with Crippen LogP contribution in [0.4, 0.5) is 0 Å². The van der Waals surface area contributed by atoms with Crippen LogP contribution >= 0.6 is 0 Å². The van der Waals surface area contributed by atoms with Crippen LogP contribution in [-0.2, 0) is 14.9 Å². The minimum absolute atomic E-state index is 0.0513. The Labute approximate surface area is 129 Å². The fourth-order valence-electron chi connectivity index (χ4n) is 3.26. The third-order valence-electron chi connectivity index (χ3n) is 4.44. The zero-order chi connectivity index (χ0) is 15.3. The third-order valence-corrected chi connectivity index (χ3v) is 6.11. The van der Waals surface area contributed by atoms with Gasteiger partial charge in [0.2, 0.25) is 0 Å². The fraction of sp³-hybridized carbons (Fsp3) is 1.00. The molecule has 21 heavy (non-hydrogen) atoms. The summed E-state index contributed by atoms with van der Waals surface area (Å²) in [5.74, 6) is 0. The van der Waals surface area contributed by atoms with Crippen LogP contribution in [0.25, 0.3) is 0 Å². The first kappa shape index (κ1) is 17.1. The predicted octanol–water partition coefficient (Wildman–Crippen LogP) is 0.806. The van der Waals surface area contributed by atoms with E-state index in [2.05, 4.69) is 16.5 Å². The van der Waals surface area contributed by atoms with Gasteiger partial charge in [0.15, 0.2) is 0 Å². The van der Waals surface area contributed by atoms with Crippen molar-refractivity contribution in [2.75, 3.05) is 39.8 Å². The van der Waals surface area contributed by atoms with E-state index < -0.39 is 10.2 Å². The minimum atomic E-state index is -3.35. The van der Waals surface area contributed by atoms with Gasteiger partial charge in [-0.05, 0) is 45.2 Å². The van der Waals surface area contributed by atoms with Crippen molar-refractivity contribution in [2.45, 2.75) is 51.2 Å². The van der Waals surface area contributed by atoms with Gasteiger partial charge in [0.1, 0.15) is 0 Å². The summed E-state index contributed by atoms with van der Waals surface area (Å²) >= 11 is 0. The summed E-state index contributed by atoms with van der Waals surface area (Å²) in [5.41, 5.74) is 0. The molecule has 1 N–H and O–H groups in total. The molecular weight excluding hydrogens is 290 g/mol. The molecule has 1 atom stereocenters. The van der Waals surface area contributed by atoms with Crippen LogP contribution in [0.2, 0.25) is 0 Å². The molecule has 2 aliphatic rings. The molecule has 0 radical (unpaired) electrons. The average molecular weight is 319 g/mol. The Morgan fingerprint density at radius 2 is 1.90 bits per heavy atom. The monoisotopic (exact) mass is 319 g/mol. The van der Waals surface area contributed by atoms with Crippen LogP contribution in [0.15, 0.2) is 0 Å². The van der Waals surface area contributed by atoms with Gasteiger partial charge >= 0.3 is 0 Å². The molecule has 0 saturated carbocycles. The Morgan fingerprint density at radius 3 is 2.52 bits per heavy atom. The Bertz CT molecular complexity index is 406. The Morgan fingerprint density at radius 1 is 1.19 bits per heavy atom. The number of nitrogens with one attached hydrogen (secondary N) is 1. The summed E-state index contributed by atoms with van der Waals surface area (Å²) in [5, 5.41) is 0. The molecule has 7 heteroatoms. The second kappa shape index (κ2) is 7.87. The van der Waals surface area contributed by atoms with Crippen molar-refractivity contribution in [2.24, 2.45) is 0 Å². The molecule has 1 unspecified atom stereocenters. The van der Waals surface area contributed by atoms with Crippen LogP contribution in [-0.4, -0.2) is 69.6 Å². The lowest BCUT2D eigenvalue weighted by Crippen LogP contribution is -2.53. The van der Waals surface area contributed by atoms with Crippen molar-refractivity contribution < 1.29 is 13.2 Å². The Balaban J connectivity index is 1.86. The van der Waals surface area contributed by atoms with Gasteiger partial charge in [-0.15, -0.1) is 0 Å². The smallest absolute Gasteiger partial charge is 0.279 e. The number of piperidine rings is 2. The van der Waals surface area contributed by atoms with Crippen molar-refractivity contribution in [3.05, 3.63) is 0 Å². The zero-order valence-corrected chi connectivity index (χ0v) is 14.1. The van der Waals surface area contributed by atoms with E-state index in [1.807, 2.05) is 0 Å². The number of methoxy groups -OCH3 is 1. The van der Waals surface area contributed by atoms with Crippen molar-refractivity contribution in [3.63, 3.8) is 0 Å². The molecule has 0 amide bonds. The number of nitrogens with zero attached hydrogens (tertiary/aromatic N) is 2. The van der Waals surface area contributed by atoms with Gasteiger partial charge in [-0.3, -0.25) is 0 Å². The fourth-order valence-corrected chi connectivity index (χ4v) is 4.72. The van der Waals surface area contributed by atoms with Gasteiger partial charge < -0.3 is 9.64 Å². The lowest BCUT2D eigenvalue weighted by Gasteiger charge is -2.35. The van der Waals surface area contributed by atoms with Gasteiger partial charge in [0.05, 0.1) is 6.10 Å². The largest absolute Gasteiger partial charge is 0.381 e. The van der Waals surface area contributed by atoms with E-state index in [1.165, 1.54) is 0 Å². The molecule has 2 fully saturated rings. The lowest BCUT2D eigenvalue weighted by atomic mass is 10.1. The van der Waals surface area contributed by atoms with E-state index in [4.69, 9.17) is 4.74 Å². The van der Waals surface area contributed by atoms with E-state index in [0.717, 1.165) is 51.7 Å². The maximum Gasteiger partial charge on any atom is 0.279 e. The van der Waals surface area contributed by atoms with Gasteiger partial charge in [0, 0.05) is 32.8 Å². The molecule has 0 spiro atoms. The number of hydrogen-bond donors (Lipinski definition) is 1. The van der Waals surface area contributed by atoms with Crippen molar-refractivity contribution in [1.82, 2.24) is 13.9 Å². The van der Waals surface area contributed by atoms with Crippen molar-refractivity contribution in [1.29, 1.82) is 0 Å². The van der Waals surface area contributed by atoms with Gasteiger partial charge in [0.25, 0.3) is 10.2 Å². The molecule has 0 bridgehead atoms. The van der Waals surface area contributed by atoms with E-state index in [0.29, 0.717) is 13.1 Å². The number of hydrogen-bond acceptors (Lipinski definition) is 4. The molecule has 2 saturated heterocycles. The highest BCUT2D eigenvalue weighted by atomic mass is 32.2. The normalized spacial score (nSPS) is 27.0. The van der Waals surface area contributed by atoms with Crippen LogP contribution in [0.1, 0.15) is 39.0 Å².